The summed E-state index contributed by atoms with van der Waals surface area (Å²) in [5.74, 6) is 1.48. The Hall–Kier alpha value is -2.70. The SMILES string of the molecule is CN(C)c1nc(N[C@H]2CC[C@@H](NC(=O)Cc3ccc(F)cc3)CC2)nc2c1CCCC2. The van der Waals surface area contributed by atoms with Gasteiger partial charge in [0.2, 0.25) is 11.9 Å². The van der Waals surface area contributed by atoms with Gasteiger partial charge in [-0.05, 0) is 69.1 Å². The molecule has 1 fully saturated rings. The molecule has 0 spiro atoms. The highest BCUT2D eigenvalue weighted by Gasteiger charge is 2.24. The van der Waals surface area contributed by atoms with Gasteiger partial charge in [0.1, 0.15) is 11.6 Å². The third-order valence-electron chi connectivity index (χ3n) is 6.29. The van der Waals surface area contributed by atoms with E-state index < -0.39 is 0 Å². The van der Waals surface area contributed by atoms with Crippen molar-refractivity contribution >= 4 is 17.7 Å². The zero-order chi connectivity index (χ0) is 21.8. The first-order valence-corrected chi connectivity index (χ1v) is 11.4. The number of carbonyl (C=O) groups is 1. The molecule has 31 heavy (non-hydrogen) atoms. The van der Waals surface area contributed by atoms with E-state index in [1.165, 1.54) is 36.2 Å². The van der Waals surface area contributed by atoms with Gasteiger partial charge in [0.25, 0.3) is 0 Å². The van der Waals surface area contributed by atoms with Gasteiger partial charge in [-0.25, -0.2) is 9.37 Å². The van der Waals surface area contributed by atoms with Crippen molar-refractivity contribution in [1.82, 2.24) is 15.3 Å². The highest BCUT2D eigenvalue weighted by atomic mass is 19.1. The Morgan fingerprint density at radius 2 is 1.71 bits per heavy atom. The molecule has 6 nitrogen and oxygen atoms in total. The molecular formula is C24H32FN5O. The minimum absolute atomic E-state index is 0.00309. The van der Waals surface area contributed by atoms with Gasteiger partial charge in [0, 0.05) is 31.7 Å². The average Bonchev–Trinajstić information content (AvgIpc) is 2.76. The summed E-state index contributed by atoms with van der Waals surface area (Å²) in [5, 5.41) is 6.68. The molecule has 166 valence electrons. The van der Waals surface area contributed by atoms with E-state index in [9.17, 15) is 9.18 Å². The van der Waals surface area contributed by atoms with Crippen molar-refractivity contribution in [3.05, 3.63) is 46.9 Å². The molecule has 0 atom stereocenters. The lowest BCUT2D eigenvalue weighted by Gasteiger charge is -2.30. The van der Waals surface area contributed by atoms with E-state index in [1.807, 2.05) is 14.1 Å². The monoisotopic (exact) mass is 425 g/mol. The van der Waals surface area contributed by atoms with Crippen LogP contribution in [0.5, 0.6) is 0 Å². The van der Waals surface area contributed by atoms with E-state index in [2.05, 4.69) is 15.5 Å². The number of amides is 1. The van der Waals surface area contributed by atoms with Crippen LogP contribution in [0.1, 0.15) is 55.3 Å². The van der Waals surface area contributed by atoms with Crippen LogP contribution >= 0.6 is 0 Å². The second kappa shape index (κ2) is 9.62. The first-order chi connectivity index (χ1) is 15.0. The molecule has 0 bridgehead atoms. The summed E-state index contributed by atoms with van der Waals surface area (Å²) in [7, 11) is 4.08. The molecule has 4 rings (SSSR count). The summed E-state index contributed by atoms with van der Waals surface area (Å²) in [6.45, 7) is 0. The van der Waals surface area contributed by atoms with Crippen LogP contribution in [0.25, 0.3) is 0 Å². The summed E-state index contributed by atoms with van der Waals surface area (Å²) in [6, 6.07) is 6.62. The molecular weight excluding hydrogens is 393 g/mol. The third kappa shape index (κ3) is 5.51. The Labute approximate surface area is 183 Å². The number of halogens is 1. The van der Waals surface area contributed by atoms with Crippen LogP contribution in [0.3, 0.4) is 0 Å². The Morgan fingerprint density at radius 1 is 1.03 bits per heavy atom. The zero-order valence-corrected chi connectivity index (χ0v) is 18.5. The lowest BCUT2D eigenvalue weighted by atomic mass is 9.91. The minimum Gasteiger partial charge on any atom is -0.362 e. The number of anilines is 2. The number of rotatable bonds is 6. The zero-order valence-electron chi connectivity index (χ0n) is 18.5. The van der Waals surface area contributed by atoms with Crippen molar-refractivity contribution in [3.8, 4) is 0 Å². The second-order valence-corrected chi connectivity index (χ2v) is 8.96. The van der Waals surface area contributed by atoms with Crippen molar-refractivity contribution in [2.45, 2.75) is 69.9 Å². The fourth-order valence-electron chi connectivity index (χ4n) is 4.64. The Balaban J connectivity index is 1.29. The number of carbonyl (C=O) groups excluding carboxylic acids is 1. The number of hydrogen-bond donors (Lipinski definition) is 2. The lowest BCUT2D eigenvalue weighted by molar-refractivity contribution is -0.121. The van der Waals surface area contributed by atoms with Crippen LogP contribution in [0, 0.1) is 5.82 Å². The molecule has 1 heterocycles. The second-order valence-electron chi connectivity index (χ2n) is 8.96. The Kier molecular flexibility index (Phi) is 6.68. The largest absolute Gasteiger partial charge is 0.362 e. The van der Waals surface area contributed by atoms with Crippen LogP contribution in [-0.4, -0.2) is 42.1 Å². The normalized spacial score (nSPS) is 20.6. The fourth-order valence-corrected chi connectivity index (χ4v) is 4.64. The standard InChI is InChI=1S/C24H32FN5O/c1-30(2)23-20-5-3-4-6-21(20)28-24(29-23)27-19-13-11-18(12-14-19)26-22(31)15-16-7-9-17(25)10-8-16/h7-10,18-19H,3-6,11-15H2,1-2H3,(H,26,31)(H,27,28,29)/t18-,19+. The van der Waals surface area contributed by atoms with Crippen LogP contribution in [0.4, 0.5) is 16.2 Å². The third-order valence-corrected chi connectivity index (χ3v) is 6.29. The van der Waals surface area contributed by atoms with Gasteiger partial charge in [-0.3, -0.25) is 4.79 Å². The minimum atomic E-state index is -0.282. The van der Waals surface area contributed by atoms with E-state index in [4.69, 9.17) is 9.97 Å². The molecule has 1 saturated carbocycles. The summed E-state index contributed by atoms with van der Waals surface area (Å²) < 4.78 is 13.0. The van der Waals surface area contributed by atoms with Gasteiger partial charge >= 0.3 is 0 Å². The molecule has 0 unspecified atom stereocenters. The van der Waals surface area contributed by atoms with Crippen molar-refractivity contribution in [1.29, 1.82) is 0 Å². The Morgan fingerprint density at radius 3 is 2.42 bits per heavy atom. The number of nitrogens with one attached hydrogen (secondary N) is 2. The highest BCUT2D eigenvalue weighted by molar-refractivity contribution is 5.78. The molecule has 2 aromatic rings. The van der Waals surface area contributed by atoms with Gasteiger partial charge in [-0.15, -0.1) is 0 Å². The molecule has 2 N–H and O–H groups in total. The van der Waals surface area contributed by atoms with E-state index in [-0.39, 0.29) is 24.2 Å². The number of nitrogens with zero attached hydrogens (tertiary/aromatic N) is 3. The molecule has 1 amide bonds. The molecule has 0 saturated heterocycles. The molecule has 1 aromatic carbocycles. The van der Waals surface area contributed by atoms with Crippen molar-refractivity contribution in [2.24, 2.45) is 0 Å². The topological polar surface area (TPSA) is 70.2 Å². The van der Waals surface area contributed by atoms with E-state index in [0.29, 0.717) is 6.04 Å². The lowest BCUT2D eigenvalue weighted by Crippen LogP contribution is -2.41. The predicted molar refractivity (Wildman–Crippen MR) is 121 cm³/mol. The smallest absolute Gasteiger partial charge is 0.225 e. The van der Waals surface area contributed by atoms with Crippen molar-refractivity contribution in [2.75, 3.05) is 24.3 Å². The summed E-state index contributed by atoms with van der Waals surface area (Å²) in [5.41, 5.74) is 3.32. The number of benzene rings is 1. The average molecular weight is 426 g/mol. The van der Waals surface area contributed by atoms with Crippen molar-refractivity contribution < 1.29 is 9.18 Å². The highest BCUT2D eigenvalue weighted by Crippen LogP contribution is 2.29. The molecule has 2 aliphatic carbocycles. The van der Waals surface area contributed by atoms with E-state index in [0.717, 1.165) is 55.9 Å². The van der Waals surface area contributed by atoms with Gasteiger partial charge in [0.05, 0.1) is 12.1 Å². The van der Waals surface area contributed by atoms with Gasteiger partial charge in [-0.1, -0.05) is 12.1 Å². The maximum absolute atomic E-state index is 13.0. The van der Waals surface area contributed by atoms with Gasteiger partial charge in [-0.2, -0.15) is 4.98 Å². The molecule has 1 aromatic heterocycles. The number of aryl methyl sites for hydroxylation is 1. The van der Waals surface area contributed by atoms with E-state index in [1.54, 1.807) is 12.1 Å². The number of fused-ring (bicyclic) bond motifs is 1. The molecule has 7 heteroatoms. The van der Waals surface area contributed by atoms with Crippen LogP contribution < -0.4 is 15.5 Å². The van der Waals surface area contributed by atoms with E-state index >= 15 is 0 Å². The Bertz CT molecular complexity index is 907. The molecule has 2 aliphatic rings. The first kappa shape index (κ1) is 21.5. The number of hydrogen-bond acceptors (Lipinski definition) is 5. The molecule has 0 radical (unpaired) electrons. The summed E-state index contributed by atoms with van der Waals surface area (Å²) >= 11 is 0. The summed E-state index contributed by atoms with van der Waals surface area (Å²) in [6.07, 6.45) is 8.58. The van der Waals surface area contributed by atoms with Crippen LogP contribution in [-0.2, 0) is 24.1 Å². The quantitative estimate of drug-likeness (QED) is 0.739. The fraction of sp³-hybridized carbons (Fsp3) is 0.542. The predicted octanol–water partition coefficient (Wildman–Crippen LogP) is 3.64. The van der Waals surface area contributed by atoms with Gasteiger partial charge in [0.15, 0.2) is 0 Å². The molecule has 0 aliphatic heterocycles. The van der Waals surface area contributed by atoms with Crippen LogP contribution in [0.2, 0.25) is 0 Å². The first-order valence-electron chi connectivity index (χ1n) is 11.4. The number of aromatic nitrogens is 2. The van der Waals surface area contributed by atoms with Crippen LogP contribution in [0.15, 0.2) is 24.3 Å². The van der Waals surface area contributed by atoms with Gasteiger partial charge < -0.3 is 15.5 Å². The maximum atomic E-state index is 13.0. The maximum Gasteiger partial charge on any atom is 0.225 e. The van der Waals surface area contributed by atoms with Crippen molar-refractivity contribution in [3.63, 3.8) is 0 Å². The summed E-state index contributed by atoms with van der Waals surface area (Å²) in [4.78, 5) is 24.1.